The fraction of sp³-hybridized carbons (Fsp3) is 0.438. The van der Waals surface area contributed by atoms with Gasteiger partial charge < -0.3 is 9.47 Å². The van der Waals surface area contributed by atoms with Crippen LogP contribution >= 0.6 is 0 Å². The van der Waals surface area contributed by atoms with Crippen LogP contribution in [0, 0.1) is 5.92 Å². The molecule has 1 fully saturated rings. The first-order chi connectivity index (χ1) is 9.03. The monoisotopic (exact) mass is 260 g/mol. The normalized spacial score (nSPS) is 23.8. The second kappa shape index (κ2) is 5.47. The van der Waals surface area contributed by atoms with Crippen molar-refractivity contribution < 1.29 is 14.3 Å². The summed E-state index contributed by atoms with van der Waals surface area (Å²) in [6.07, 6.45) is 5.64. The molecule has 0 N–H and O–H groups in total. The van der Waals surface area contributed by atoms with Crippen molar-refractivity contribution in [2.75, 3.05) is 7.11 Å². The van der Waals surface area contributed by atoms with Crippen LogP contribution in [-0.2, 0) is 9.53 Å². The van der Waals surface area contributed by atoms with Gasteiger partial charge in [0.2, 0.25) is 0 Å². The smallest absolute Gasteiger partial charge is 0.310 e. The van der Waals surface area contributed by atoms with Crippen LogP contribution in [0.5, 0.6) is 5.75 Å². The zero-order chi connectivity index (χ0) is 13.9. The fourth-order valence-corrected chi connectivity index (χ4v) is 2.19. The van der Waals surface area contributed by atoms with E-state index in [1.165, 1.54) is 0 Å². The number of allylic oxidation sites excluding steroid dienone is 1. The van der Waals surface area contributed by atoms with Crippen molar-refractivity contribution in [1.29, 1.82) is 0 Å². The zero-order valence-corrected chi connectivity index (χ0v) is 11.7. The standard InChI is InChI=1S/C16H20O3/c1-12(16(2)11-15(17)19-16)5-4-6-13-7-9-14(18-3)10-8-13/h4,6-10,12H,5,11H2,1-3H3. The number of esters is 1. The van der Waals surface area contributed by atoms with Crippen LogP contribution in [0.1, 0.15) is 32.3 Å². The largest absolute Gasteiger partial charge is 0.497 e. The molecular formula is C16H20O3. The number of hydrogen-bond acceptors (Lipinski definition) is 3. The van der Waals surface area contributed by atoms with Crippen molar-refractivity contribution >= 4 is 12.0 Å². The second-order valence-electron chi connectivity index (χ2n) is 5.28. The first kappa shape index (κ1) is 13.7. The molecule has 3 nitrogen and oxygen atoms in total. The molecule has 19 heavy (non-hydrogen) atoms. The van der Waals surface area contributed by atoms with Crippen LogP contribution in [0.3, 0.4) is 0 Å². The number of benzene rings is 1. The number of ether oxygens (including phenoxy) is 2. The summed E-state index contributed by atoms with van der Waals surface area (Å²) in [6.45, 7) is 4.12. The Morgan fingerprint density at radius 1 is 1.42 bits per heavy atom. The molecular weight excluding hydrogens is 240 g/mol. The molecule has 2 rings (SSSR count). The molecule has 1 aromatic rings. The van der Waals surface area contributed by atoms with Gasteiger partial charge in [0, 0.05) is 0 Å². The summed E-state index contributed by atoms with van der Waals surface area (Å²) in [6, 6.07) is 7.92. The Hall–Kier alpha value is -1.77. The summed E-state index contributed by atoms with van der Waals surface area (Å²) in [5.74, 6) is 1.10. The highest BCUT2D eigenvalue weighted by molar-refractivity contribution is 5.76. The molecule has 0 radical (unpaired) electrons. The van der Waals surface area contributed by atoms with E-state index in [9.17, 15) is 4.79 Å². The molecule has 0 amide bonds. The average molecular weight is 260 g/mol. The van der Waals surface area contributed by atoms with Gasteiger partial charge in [-0.05, 0) is 37.0 Å². The number of carbonyl (C=O) groups is 1. The molecule has 1 aromatic carbocycles. The fourth-order valence-electron chi connectivity index (χ4n) is 2.19. The predicted octanol–water partition coefficient (Wildman–Crippen LogP) is 3.44. The van der Waals surface area contributed by atoms with Gasteiger partial charge in [-0.2, -0.15) is 0 Å². The molecule has 2 atom stereocenters. The van der Waals surface area contributed by atoms with Crippen LogP contribution in [0.25, 0.3) is 6.08 Å². The highest BCUT2D eigenvalue weighted by Gasteiger charge is 2.45. The summed E-state index contributed by atoms with van der Waals surface area (Å²) in [7, 11) is 1.66. The lowest BCUT2D eigenvalue weighted by molar-refractivity contribution is -0.196. The first-order valence-electron chi connectivity index (χ1n) is 6.56. The van der Waals surface area contributed by atoms with E-state index < -0.39 is 0 Å². The number of hydrogen-bond donors (Lipinski definition) is 0. The van der Waals surface area contributed by atoms with Crippen molar-refractivity contribution in [2.45, 2.75) is 32.3 Å². The van der Waals surface area contributed by atoms with Gasteiger partial charge in [0.05, 0.1) is 13.5 Å². The maximum Gasteiger partial charge on any atom is 0.310 e. The maximum atomic E-state index is 10.9. The summed E-state index contributed by atoms with van der Waals surface area (Å²) in [5, 5.41) is 0. The summed E-state index contributed by atoms with van der Waals surface area (Å²) in [5.41, 5.74) is 0.866. The number of carbonyl (C=O) groups excluding carboxylic acids is 1. The highest BCUT2D eigenvalue weighted by Crippen LogP contribution is 2.36. The van der Waals surface area contributed by atoms with E-state index in [4.69, 9.17) is 9.47 Å². The third-order valence-electron chi connectivity index (χ3n) is 3.80. The van der Waals surface area contributed by atoms with Crippen LogP contribution < -0.4 is 4.74 Å². The quantitative estimate of drug-likeness (QED) is 0.761. The van der Waals surface area contributed by atoms with Crippen LogP contribution in [0.2, 0.25) is 0 Å². The second-order valence-corrected chi connectivity index (χ2v) is 5.28. The summed E-state index contributed by atoms with van der Waals surface area (Å²) in [4.78, 5) is 10.9. The lowest BCUT2D eigenvalue weighted by atomic mass is 9.81. The van der Waals surface area contributed by atoms with Crippen LogP contribution in [-0.4, -0.2) is 18.7 Å². The van der Waals surface area contributed by atoms with Crippen molar-refractivity contribution in [3.05, 3.63) is 35.9 Å². The van der Waals surface area contributed by atoms with Crippen molar-refractivity contribution in [3.8, 4) is 5.75 Å². The minimum atomic E-state index is -0.276. The van der Waals surface area contributed by atoms with Crippen molar-refractivity contribution in [3.63, 3.8) is 0 Å². The van der Waals surface area contributed by atoms with Gasteiger partial charge in [0.15, 0.2) is 0 Å². The Morgan fingerprint density at radius 3 is 2.58 bits per heavy atom. The Morgan fingerprint density at radius 2 is 2.05 bits per heavy atom. The Bertz CT molecular complexity index is 465. The molecule has 0 saturated carbocycles. The topological polar surface area (TPSA) is 35.5 Å². The number of methoxy groups -OCH3 is 1. The van der Waals surface area contributed by atoms with Gasteiger partial charge >= 0.3 is 5.97 Å². The van der Waals surface area contributed by atoms with Crippen LogP contribution in [0.4, 0.5) is 0 Å². The summed E-state index contributed by atoms with van der Waals surface area (Å²) >= 11 is 0. The van der Waals surface area contributed by atoms with Gasteiger partial charge in [0.25, 0.3) is 0 Å². The first-order valence-corrected chi connectivity index (χ1v) is 6.56. The number of cyclic esters (lactones) is 1. The summed E-state index contributed by atoms with van der Waals surface area (Å²) < 4.78 is 10.3. The van der Waals surface area contributed by atoms with Gasteiger partial charge in [-0.3, -0.25) is 4.79 Å². The SMILES string of the molecule is COc1ccc(C=CCC(C)C2(C)CC(=O)O2)cc1. The lowest BCUT2D eigenvalue weighted by Gasteiger charge is -2.41. The van der Waals surface area contributed by atoms with E-state index in [0.717, 1.165) is 17.7 Å². The van der Waals surface area contributed by atoms with E-state index in [0.29, 0.717) is 12.3 Å². The maximum absolute atomic E-state index is 10.9. The molecule has 2 unspecified atom stereocenters. The molecule has 0 bridgehead atoms. The third kappa shape index (κ3) is 3.16. The molecule has 0 aliphatic carbocycles. The van der Waals surface area contributed by atoms with E-state index in [-0.39, 0.29) is 11.6 Å². The molecule has 0 aromatic heterocycles. The lowest BCUT2D eigenvalue weighted by Crippen LogP contribution is -2.49. The molecule has 1 aliphatic rings. The molecule has 1 aliphatic heterocycles. The third-order valence-corrected chi connectivity index (χ3v) is 3.80. The zero-order valence-electron chi connectivity index (χ0n) is 11.7. The van der Waals surface area contributed by atoms with E-state index >= 15 is 0 Å². The molecule has 3 heteroatoms. The molecule has 1 saturated heterocycles. The van der Waals surface area contributed by atoms with Gasteiger partial charge in [0.1, 0.15) is 11.4 Å². The Labute approximate surface area is 114 Å². The van der Waals surface area contributed by atoms with Gasteiger partial charge in [-0.15, -0.1) is 0 Å². The molecule has 1 heterocycles. The van der Waals surface area contributed by atoms with E-state index in [1.807, 2.05) is 31.2 Å². The Balaban J connectivity index is 1.87. The van der Waals surface area contributed by atoms with E-state index in [2.05, 4.69) is 19.1 Å². The van der Waals surface area contributed by atoms with Crippen molar-refractivity contribution in [2.24, 2.45) is 5.92 Å². The average Bonchev–Trinajstić information content (AvgIpc) is 2.37. The van der Waals surface area contributed by atoms with Gasteiger partial charge in [-0.1, -0.05) is 31.2 Å². The Kier molecular flexibility index (Phi) is 3.93. The number of rotatable bonds is 5. The van der Waals surface area contributed by atoms with Gasteiger partial charge in [-0.25, -0.2) is 0 Å². The van der Waals surface area contributed by atoms with E-state index in [1.54, 1.807) is 7.11 Å². The predicted molar refractivity (Wildman–Crippen MR) is 74.9 cm³/mol. The van der Waals surface area contributed by atoms with Crippen molar-refractivity contribution in [1.82, 2.24) is 0 Å². The minimum absolute atomic E-state index is 0.0894. The minimum Gasteiger partial charge on any atom is -0.497 e. The highest BCUT2D eigenvalue weighted by atomic mass is 16.6. The molecule has 102 valence electrons. The molecule has 0 spiro atoms. The van der Waals surface area contributed by atoms with Crippen LogP contribution in [0.15, 0.2) is 30.3 Å².